The number of β-amino-alcohol motifs (C(OH)–C–C–N with tert-alkyl or cyclic N) is 1. The normalized spacial score (nSPS) is 20.5. The molecule has 2 rings (SSSR count). The molecule has 0 aliphatic carbocycles. The third kappa shape index (κ3) is 4.56. The molecule has 19 heavy (non-hydrogen) atoms. The molecule has 1 aromatic heterocycles. The van der Waals surface area contributed by atoms with E-state index in [0.717, 1.165) is 23.9 Å². The Morgan fingerprint density at radius 2 is 2.47 bits per heavy atom. The van der Waals surface area contributed by atoms with Crippen molar-refractivity contribution in [2.75, 3.05) is 26.7 Å². The second-order valence-corrected chi connectivity index (χ2v) is 6.92. The van der Waals surface area contributed by atoms with Crippen LogP contribution in [-0.4, -0.2) is 53.6 Å². The molecule has 0 spiro atoms. The number of nitrogens with zero attached hydrogens (tertiary/aromatic N) is 2. The van der Waals surface area contributed by atoms with E-state index in [4.69, 9.17) is 0 Å². The topological polar surface area (TPSA) is 43.8 Å². The molecule has 0 aromatic carbocycles. The third-order valence-electron chi connectivity index (χ3n) is 3.28. The van der Waals surface area contributed by atoms with E-state index >= 15 is 0 Å². The molecule has 1 fully saturated rings. The number of likely N-dealkylation sites (N-methyl/N-ethyl adjacent to an activating group) is 1. The lowest BCUT2D eigenvalue weighted by atomic mass is 10.1. The van der Waals surface area contributed by atoms with Crippen molar-refractivity contribution in [2.45, 2.75) is 25.5 Å². The van der Waals surface area contributed by atoms with Crippen LogP contribution in [0.2, 0.25) is 0 Å². The van der Waals surface area contributed by atoms with Crippen LogP contribution < -0.4 is 0 Å². The monoisotopic (exact) mass is 346 g/mol. The first-order chi connectivity index (χ1) is 9.04. The maximum Gasteiger partial charge on any atom is 0.236 e. The molecule has 1 aliphatic rings. The average Bonchev–Trinajstić information content (AvgIpc) is 2.74. The Kier molecular flexibility index (Phi) is 5.38. The second-order valence-electron chi connectivity index (χ2n) is 5.01. The number of aliphatic hydroxyl groups is 1. The van der Waals surface area contributed by atoms with E-state index in [-0.39, 0.29) is 12.0 Å². The fraction of sp³-hybridized carbons (Fsp3) is 0.615. The summed E-state index contributed by atoms with van der Waals surface area (Å²) in [5.41, 5.74) is 0. The summed E-state index contributed by atoms with van der Waals surface area (Å²) >= 11 is 5.06. The number of aliphatic hydroxyl groups excluding tert-OH is 1. The van der Waals surface area contributed by atoms with Gasteiger partial charge in [0.1, 0.15) is 0 Å². The molecule has 106 valence electrons. The van der Waals surface area contributed by atoms with Gasteiger partial charge in [-0.2, -0.15) is 0 Å². The van der Waals surface area contributed by atoms with Gasteiger partial charge in [0.2, 0.25) is 5.91 Å². The van der Waals surface area contributed by atoms with E-state index in [1.165, 1.54) is 4.88 Å². The number of amides is 1. The Morgan fingerprint density at radius 3 is 3.11 bits per heavy atom. The van der Waals surface area contributed by atoms with Crippen molar-refractivity contribution in [1.82, 2.24) is 9.80 Å². The van der Waals surface area contributed by atoms with Crippen molar-refractivity contribution >= 4 is 33.2 Å². The largest absolute Gasteiger partial charge is 0.392 e. The van der Waals surface area contributed by atoms with Crippen molar-refractivity contribution in [2.24, 2.45) is 0 Å². The Morgan fingerprint density at radius 1 is 1.68 bits per heavy atom. The highest BCUT2D eigenvalue weighted by Crippen LogP contribution is 2.21. The zero-order chi connectivity index (χ0) is 13.8. The lowest BCUT2D eigenvalue weighted by Gasteiger charge is -2.30. The molecule has 1 amide bonds. The number of carbonyl (C=O) groups excluding carboxylic acids is 1. The Hall–Kier alpha value is -0.430. The fourth-order valence-electron chi connectivity index (χ4n) is 2.25. The van der Waals surface area contributed by atoms with Crippen molar-refractivity contribution in [3.05, 3.63) is 20.8 Å². The van der Waals surface area contributed by atoms with Crippen LogP contribution in [0.1, 0.15) is 17.7 Å². The highest BCUT2D eigenvalue weighted by Gasteiger charge is 2.21. The molecular formula is C13H19BrN2O2S. The molecule has 2 heterocycles. The Balaban J connectivity index is 1.81. The molecule has 1 atom stereocenters. The lowest BCUT2D eigenvalue weighted by Crippen LogP contribution is -2.44. The van der Waals surface area contributed by atoms with Crippen LogP contribution in [0.15, 0.2) is 15.9 Å². The number of rotatable bonds is 4. The minimum Gasteiger partial charge on any atom is -0.392 e. The number of hydrogen-bond donors (Lipinski definition) is 1. The zero-order valence-electron chi connectivity index (χ0n) is 11.0. The lowest BCUT2D eigenvalue weighted by molar-refractivity contribution is -0.132. The van der Waals surface area contributed by atoms with E-state index in [0.29, 0.717) is 19.6 Å². The van der Waals surface area contributed by atoms with E-state index in [1.807, 2.05) is 23.4 Å². The minimum absolute atomic E-state index is 0.110. The van der Waals surface area contributed by atoms with Gasteiger partial charge >= 0.3 is 0 Å². The molecule has 1 aromatic rings. The summed E-state index contributed by atoms with van der Waals surface area (Å²) in [6, 6.07) is 2.04. The quantitative estimate of drug-likeness (QED) is 0.905. The first-order valence-electron chi connectivity index (χ1n) is 6.42. The number of halogens is 1. The first kappa shape index (κ1) is 15.0. The molecule has 0 saturated carbocycles. The summed E-state index contributed by atoms with van der Waals surface area (Å²) in [6.07, 6.45) is 1.54. The molecule has 0 bridgehead atoms. The van der Waals surface area contributed by atoms with Crippen LogP contribution in [0, 0.1) is 0 Å². The number of hydrogen-bond acceptors (Lipinski definition) is 4. The average molecular weight is 347 g/mol. The van der Waals surface area contributed by atoms with Crippen LogP contribution >= 0.6 is 27.3 Å². The molecule has 0 radical (unpaired) electrons. The standard InChI is InChI=1S/C13H19BrN2O2S/c1-15(7-12-5-10(14)9-19-12)13(18)8-16-4-2-3-11(17)6-16/h5,9,11,17H,2-4,6-8H2,1H3. The van der Waals surface area contributed by atoms with Crippen molar-refractivity contribution in [3.63, 3.8) is 0 Å². The van der Waals surface area contributed by atoms with Gasteiger partial charge in [0.05, 0.1) is 19.2 Å². The van der Waals surface area contributed by atoms with Gasteiger partial charge in [-0.15, -0.1) is 11.3 Å². The number of carbonyl (C=O) groups is 1. The van der Waals surface area contributed by atoms with Gasteiger partial charge in [0.25, 0.3) is 0 Å². The van der Waals surface area contributed by atoms with Crippen LogP contribution in [0.25, 0.3) is 0 Å². The van der Waals surface area contributed by atoms with Crippen molar-refractivity contribution in [3.8, 4) is 0 Å². The molecule has 4 nitrogen and oxygen atoms in total. The molecule has 1 saturated heterocycles. The summed E-state index contributed by atoms with van der Waals surface area (Å²) in [6.45, 7) is 2.57. The van der Waals surface area contributed by atoms with Crippen LogP contribution in [-0.2, 0) is 11.3 Å². The van der Waals surface area contributed by atoms with Gasteiger partial charge in [-0.25, -0.2) is 0 Å². The van der Waals surface area contributed by atoms with Crippen LogP contribution in [0.4, 0.5) is 0 Å². The van der Waals surface area contributed by atoms with E-state index in [2.05, 4.69) is 15.9 Å². The highest BCUT2D eigenvalue weighted by atomic mass is 79.9. The van der Waals surface area contributed by atoms with E-state index in [1.54, 1.807) is 16.2 Å². The van der Waals surface area contributed by atoms with Crippen molar-refractivity contribution in [1.29, 1.82) is 0 Å². The summed E-state index contributed by atoms with van der Waals surface area (Å²) < 4.78 is 1.06. The summed E-state index contributed by atoms with van der Waals surface area (Å²) in [7, 11) is 1.83. The van der Waals surface area contributed by atoms with Gasteiger partial charge in [-0.05, 0) is 41.4 Å². The molecule has 1 aliphatic heterocycles. The van der Waals surface area contributed by atoms with Gasteiger partial charge < -0.3 is 10.0 Å². The SMILES string of the molecule is CN(Cc1cc(Br)cs1)C(=O)CN1CCCC(O)C1. The number of thiophene rings is 1. The summed E-state index contributed by atoms with van der Waals surface area (Å²) in [5, 5.41) is 11.6. The fourth-order valence-corrected chi connectivity index (χ4v) is 3.75. The van der Waals surface area contributed by atoms with Crippen LogP contribution in [0.3, 0.4) is 0 Å². The van der Waals surface area contributed by atoms with E-state index < -0.39 is 0 Å². The minimum atomic E-state index is -0.278. The maximum absolute atomic E-state index is 12.1. The molecule has 6 heteroatoms. The van der Waals surface area contributed by atoms with E-state index in [9.17, 15) is 9.90 Å². The Bertz CT molecular complexity index is 438. The smallest absolute Gasteiger partial charge is 0.236 e. The summed E-state index contributed by atoms with van der Waals surface area (Å²) in [5.74, 6) is 0.110. The molecular weight excluding hydrogens is 328 g/mol. The predicted octanol–water partition coefficient (Wildman–Crippen LogP) is 1.93. The second kappa shape index (κ2) is 6.83. The first-order valence-corrected chi connectivity index (χ1v) is 8.09. The number of likely N-dealkylation sites (tertiary alicyclic amines) is 1. The molecule has 1 unspecified atom stereocenters. The van der Waals surface area contributed by atoms with Gasteiger partial charge in [-0.3, -0.25) is 9.69 Å². The molecule has 1 N–H and O–H groups in total. The maximum atomic E-state index is 12.1. The highest BCUT2D eigenvalue weighted by molar-refractivity contribution is 9.10. The van der Waals surface area contributed by atoms with Crippen LogP contribution in [0.5, 0.6) is 0 Å². The summed E-state index contributed by atoms with van der Waals surface area (Å²) in [4.78, 5) is 17.1. The van der Waals surface area contributed by atoms with Crippen molar-refractivity contribution < 1.29 is 9.90 Å². The predicted molar refractivity (Wildman–Crippen MR) is 80.2 cm³/mol. The van der Waals surface area contributed by atoms with Gasteiger partial charge in [-0.1, -0.05) is 0 Å². The zero-order valence-corrected chi connectivity index (χ0v) is 13.4. The van der Waals surface area contributed by atoms with Gasteiger partial charge in [0, 0.05) is 28.3 Å². The number of piperidine rings is 1. The van der Waals surface area contributed by atoms with Gasteiger partial charge in [0.15, 0.2) is 0 Å². The third-order valence-corrected chi connectivity index (χ3v) is 4.96. The Labute approximate surface area is 126 Å².